The summed E-state index contributed by atoms with van der Waals surface area (Å²) in [5, 5.41) is 0. The van der Waals surface area contributed by atoms with Crippen molar-refractivity contribution < 1.29 is 4.39 Å². The highest BCUT2D eigenvalue weighted by atomic mass is 79.9. The van der Waals surface area contributed by atoms with E-state index in [4.69, 9.17) is 5.73 Å². The maximum Gasteiger partial charge on any atom is 0.126 e. The molecule has 1 atom stereocenters. The Balaban J connectivity index is 2.24. The zero-order valence-corrected chi connectivity index (χ0v) is 11.6. The third kappa shape index (κ3) is 2.94. The summed E-state index contributed by atoms with van der Waals surface area (Å²) in [6.07, 6.45) is 2.18. The van der Waals surface area contributed by atoms with Gasteiger partial charge in [0, 0.05) is 22.4 Å². The third-order valence-corrected chi connectivity index (χ3v) is 3.39. The zero-order chi connectivity index (χ0) is 13.1. The van der Waals surface area contributed by atoms with Gasteiger partial charge in [-0.15, -0.1) is 0 Å². The lowest BCUT2D eigenvalue weighted by molar-refractivity contribution is 0.591. The molecule has 0 spiro atoms. The van der Waals surface area contributed by atoms with Gasteiger partial charge in [-0.25, -0.2) is 4.39 Å². The van der Waals surface area contributed by atoms with Gasteiger partial charge in [0.2, 0.25) is 0 Å². The lowest BCUT2D eigenvalue weighted by Crippen LogP contribution is -2.16. The molecule has 2 N–H and O–H groups in total. The number of pyridine rings is 1. The number of rotatable bonds is 3. The van der Waals surface area contributed by atoms with E-state index >= 15 is 0 Å². The Hall–Kier alpha value is -1.26. The molecule has 0 amide bonds. The van der Waals surface area contributed by atoms with Crippen molar-refractivity contribution in [3.63, 3.8) is 0 Å². The maximum atomic E-state index is 13.7. The van der Waals surface area contributed by atoms with Gasteiger partial charge >= 0.3 is 0 Å². The van der Waals surface area contributed by atoms with Gasteiger partial charge in [-0.05, 0) is 48.7 Å². The second kappa shape index (κ2) is 5.59. The zero-order valence-electron chi connectivity index (χ0n) is 10.0. The Morgan fingerprint density at radius 2 is 2.17 bits per heavy atom. The number of hydrogen-bond donors (Lipinski definition) is 1. The van der Waals surface area contributed by atoms with Crippen molar-refractivity contribution in [3.05, 3.63) is 63.6 Å². The molecule has 94 valence electrons. The van der Waals surface area contributed by atoms with E-state index in [1.807, 2.05) is 19.1 Å². The van der Waals surface area contributed by atoms with Crippen molar-refractivity contribution >= 4 is 15.9 Å². The molecule has 0 aliphatic carbocycles. The maximum absolute atomic E-state index is 13.7. The summed E-state index contributed by atoms with van der Waals surface area (Å²) in [4.78, 5) is 4.20. The largest absolute Gasteiger partial charge is 0.324 e. The van der Waals surface area contributed by atoms with Crippen molar-refractivity contribution in [2.75, 3.05) is 0 Å². The van der Waals surface area contributed by atoms with Crippen LogP contribution in [-0.2, 0) is 6.42 Å². The van der Waals surface area contributed by atoms with Crippen molar-refractivity contribution in [1.29, 1.82) is 0 Å². The van der Waals surface area contributed by atoms with Crippen molar-refractivity contribution in [2.45, 2.75) is 19.4 Å². The Morgan fingerprint density at radius 1 is 1.39 bits per heavy atom. The van der Waals surface area contributed by atoms with E-state index in [-0.39, 0.29) is 11.9 Å². The Morgan fingerprint density at radius 3 is 2.89 bits per heavy atom. The predicted molar refractivity (Wildman–Crippen MR) is 73.7 cm³/mol. The van der Waals surface area contributed by atoms with Crippen LogP contribution < -0.4 is 5.73 Å². The molecule has 4 heteroatoms. The summed E-state index contributed by atoms with van der Waals surface area (Å²) in [6, 6.07) is 8.42. The molecule has 0 bridgehead atoms. The molecule has 2 rings (SSSR count). The summed E-state index contributed by atoms with van der Waals surface area (Å²) in [5.41, 5.74) is 8.58. The molecular weight excluding hydrogens is 295 g/mol. The first-order valence-electron chi connectivity index (χ1n) is 5.69. The quantitative estimate of drug-likeness (QED) is 0.942. The first-order chi connectivity index (χ1) is 8.58. The molecule has 0 fully saturated rings. The van der Waals surface area contributed by atoms with Crippen LogP contribution in [0.4, 0.5) is 4.39 Å². The number of halogens is 2. The number of nitrogens with zero attached hydrogens (tertiary/aromatic N) is 1. The number of benzene rings is 1. The van der Waals surface area contributed by atoms with Gasteiger partial charge in [0.1, 0.15) is 5.82 Å². The molecule has 2 nitrogen and oxygen atoms in total. The lowest BCUT2D eigenvalue weighted by atomic mass is 9.98. The van der Waals surface area contributed by atoms with Crippen LogP contribution in [0.1, 0.15) is 22.9 Å². The van der Waals surface area contributed by atoms with Crippen LogP contribution >= 0.6 is 15.9 Å². The van der Waals surface area contributed by atoms with Crippen LogP contribution in [0.3, 0.4) is 0 Å². The fourth-order valence-electron chi connectivity index (χ4n) is 1.94. The van der Waals surface area contributed by atoms with Crippen LogP contribution in [0.25, 0.3) is 0 Å². The smallest absolute Gasteiger partial charge is 0.126 e. The molecule has 0 aliphatic heterocycles. The minimum Gasteiger partial charge on any atom is -0.324 e. The molecule has 18 heavy (non-hydrogen) atoms. The average molecular weight is 309 g/mol. The fraction of sp³-hybridized carbons (Fsp3) is 0.214. The van der Waals surface area contributed by atoms with Gasteiger partial charge < -0.3 is 5.73 Å². The molecule has 1 aromatic heterocycles. The van der Waals surface area contributed by atoms with Crippen LogP contribution in [-0.4, -0.2) is 4.98 Å². The molecular formula is C14H14BrFN2. The highest BCUT2D eigenvalue weighted by Gasteiger charge is 2.13. The molecule has 0 aliphatic rings. The van der Waals surface area contributed by atoms with E-state index in [0.717, 1.165) is 15.7 Å². The first-order valence-corrected chi connectivity index (χ1v) is 6.48. The monoisotopic (exact) mass is 308 g/mol. The van der Waals surface area contributed by atoms with Gasteiger partial charge in [0.05, 0.1) is 0 Å². The molecule has 1 unspecified atom stereocenters. The Bertz CT molecular complexity index is 557. The number of aryl methyl sites for hydroxylation is 1. The van der Waals surface area contributed by atoms with Gasteiger partial charge in [0.25, 0.3) is 0 Å². The lowest BCUT2D eigenvalue weighted by Gasteiger charge is -2.14. The number of nitrogens with two attached hydrogens (primary N) is 1. The second-order valence-corrected chi connectivity index (χ2v) is 5.14. The van der Waals surface area contributed by atoms with Crippen LogP contribution in [0.15, 0.2) is 41.0 Å². The summed E-state index contributed by atoms with van der Waals surface area (Å²) in [6.45, 7) is 1.91. The van der Waals surface area contributed by atoms with Gasteiger partial charge in [0.15, 0.2) is 0 Å². The number of hydrogen-bond acceptors (Lipinski definition) is 2. The molecule has 0 saturated heterocycles. The standard InChI is InChI=1S/C14H14BrFN2/c1-9-12(3-2-6-18-9)14(17)8-10-7-11(15)4-5-13(10)16/h2-7,14H,8,17H2,1H3. The van der Waals surface area contributed by atoms with Crippen LogP contribution in [0, 0.1) is 12.7 Å². The topological polar surface area (TPSA) is 38.9 Å². The molecule has 1 heterocycles. The van der Waals surface area contributed by atoms with E-state index in [0.29, 0.717) is 12.0 Å². The minimum absolute atomic E-state index is 0.227. The second-order valence-electron chi connectivity index (χ2n) is 4.22. The molecule has 1 aromatic carbocycles. The first kappa shape index (κ1) is 13.2. The SMILES string of the molecule is Cc1ncccc1C(N)Cc1cc(Br)ccc1F. The van der Waals surface area contributed by atoms with E-state index < -0.39 is 0 Å². The van der Waals surface area contributed by atoms with E-state index in [9.17, 15) is 4.39 Å². The van der Waals surface area contributed by atoms with Gasteiger partial charge in [-0.1, -0.05) is 22.0 Å². The molecule has 0 saturated carbocycles. The minimum atomic E-state index is -0.248. The number of aromatic nitrogens is 1. The van der Waals surface area contributed by atoms with E-state index in [1.165, 1.54) is 6.07 Å². The highest BCUT2D eigenvalue weighted by molar-refractivity contribution is 9.10. The predicted octanol–water partition coefficient (Wildman–Crippen LogP) is 3.53. The van der Waals surface area contributed by atoms with Gasteiger partial charge in [-0.2, -0.15) is 0 Å². The van der Waals surface area contributed by atoms with Crippen molar-refractivity contribution in [2.24, 2.45) is 5.73 Å². The summed E-state index contributed by atoms with van der Waals surface area (Å²) in [7, 11) is 0. The molecule has 2 aromatic rings. The van der Waals surface area contributed by atoms with Gasteiger partial charge in [-0.3, -0.25) is 4.98 Å². The summed E-state index contributed by atoms with van der Waals surface area (Å²) in [5.74, 6) is -0.227. The highest BCUT2D eigenvalue weighted by Crippen LogP contribution is 2.22. The third-order valence-electron chi connectivity index (χ3n) is 2.89. The summed E-state index contributed by atoms with van der Waals surface area (Å²) >= 11 is 3.34. The van der Waals surface area contributed by atoms with E-state index in [2.05, 4.69) is 20.9 Å². The van der Waals surface area contributed by atoms with E-state index in [1.54, 1.807) is 18.3 Å². The Kier molecular flexibility index (Phi) is 4.09. The normalized spacial score (nSPS) is 12.4. The van der Waals surface area contributed by atoms with Crippen molar-refractivity contribution in [1.82, 2.24) is 4.98 Å². The van der Waals surface area contributed by atoms with Crippen molar-refractivity contribution in [3.8, 4) is 0 Å². The summed E-state index contributed by atoms with van der Waals surface area (Å²) < 4.78 is 14.5. The Labute approximate surface area is 114 Å². The van der Waals surface area contributed by atoms with Crippen LogP contribution in [0.2, 0.25) is 0 Å². The average Bonchev–Trinajstić information content (AvgIpc) is 2.34. The molecule has 0 radical (unpaired) electrons. The fourth-order valence-corrected chi connectivity index (χ4v) is 2.34. The van der Waals surface area contributed by atoms with Crippen LogP contribution in [0.5, 0.6) is 0 Å².